The first kappa shape index (κ1) is 20.3. The third-order valence-corrected chi connectivity index (χ3v) is 5.98. The highest BCUT2D eigenvalue weighted by molar-refractivity contribution is 6.31. The number of para-hydroxylation sites is 1. The average molecular weight is 448 g/mol. The minimum Gasteiger partial charge on any atom is -0.496 e. The highest BCUT2D eigenvalue weighted by Gasteiger charge is 2.18. The van der Waals surface area contributed by atoms with Gasteiger partial charge in [0.1, 0.15) is 22.6 Å². The van der Waals surface area contributed by atoms with Gasteiger partial charge in [-0.25, -0.2) is 9.37 Å². The van der Waals surface area contributed by atoms with Gasteiger partial charge in [0.25, 0.3) is 5.56 Å². The number of fused-ring (bicyclic) bond motifs is 3. The Hall–Kier alpha value is -3.64. The van der Waals surface area contributed by atoms with Crippen LogP contribution in [0.3, 0.4) is 0 Å². The summed E-state index contributed by atoms with van der Waals surface area (Å²) < 4.78 is 22.9. The minimum absolute atomic E-state index is 0.218. The molecule has 160 valence electrons. The number of hydrogen-bond acceptors (Lipinski definition) is 3. The summed E-state index contributed by atoms with van der Waals surface area (Å²) in [5, 5.41) is 1.19. The molecule has 0 aliphatic heterocycles. The number of ether oxygens (including phenoxy) is 1. The maximum Gasteiger partial charge on any atom is 0.278 e. The molecule has 32 heavy (non-hydrogen) atoms. The van der Waals surface area contributed by atoms with Crippen LogP contribution in [0.1, 0.15) is 11.1 Å². The van der Waals surface area contributed by atoms with Crippen molar-refractivity contribution in [3.63, 3.8) is 0 Å². The Labute approximate surface area is 188 Å². The van der Waals surface area contributed by atoms with E-state index in [0.717, 1.165) is 16.6 Å². The van der Waals surface area contributed by atoms with Crippen molar-refractivity contribution < 1.29 is 9.13 Å². The fourth-order valence-electron chi connectivity index (χ4n) is 4.06. The van der Waals surface area contributed by atoms with Crippen molar-refractivity contribution in [3.05, 3.63) is 105 Å². The summed E-state index contributed by atoms with van der Waals surface area (Å²) in [5.74, 6) is 0.312. The van der Waals surface area contributed by atoms with Crippen LogP contribution in [0, 0.1) is 5.82 Å². The average Bonchev–Trinajstić information content (AvgIpc) is 3.11. The summed E-state index contributed by atoms with van der Waals surface area (Å²) in [7, 11) is 1.60. The van der Waals surface area contributed by atoms with Crippen LogP contribution in [0.25, 0.3) is 21.9 Å². The molecular weight excluding hydrogens is 429 g/mol. The van der Waals surface area contributed by atoms with E-state index in [1.54, 1.807) is 17.7 Å². The van der Waals surface area contributed by atoms with Gasteiger partial charge >= 0.3 is 0 Å². The molecule has 5 aromatic rings. The molecule has 2 aromatic heterocycles. The van der Waals surface area contributed by atoms with Crippen LogP contribution < -0.4 is 10.3 Å². The number of nitrogens with zero attached hydrogens (tertiary/aromatic N) is 3. The fourth-order valence-corrected chi connectivity index (χ4v) is 4.26. The lowest BCUT2D eigenvalue weighted by molar-refractivity contribution is 0.408. The highest BCUT2D eigenvalue weighted by atomic mass is 35.5. The summed E-state index contributed by atoms with van der Waals surface area (Å²) in [4.78, 5) is 18.2. The van der Waals surface area contributed by atoms with Gasteiger partial charge in [-0.1, -0.05) is 48.0 Å². The first-order valence-electron chi connectivity index (χ1n) is 10.1. The Bertz CT molecular complexity index is 1520. The fraction of sp³-hybridized carbons (Fsp3) is 0.120. The Kier molecular flexibility index (Phi) is 5.15. The third-order valence-electron chi connectivity index (χ3n) is 5.61. The molecule has 0 saturated heterocycles. The van der Waals surface area contributed by atoms with Crippen molar-refractivity contribution in [2.75, 3.05) is 7.11 Å². The van der Waals surface area contributed by atoms with E-state index in [2.05, 4.69) is 4.98 Å². The van der Waals surface area contributed by atoms with E-state index in [4.69, 9.17) is 16.3 Å². The molecule has 0 aliphatic rings. The van der Waals surface area contributed by atoms with Gasteiger partial charge in [-0.15, -0.1) is 0 Å². The molecule has 0 aliphatic carbocycles. The zero-order valence-corrected chi connectivity index (χ0v) is 18.0. The van der Waals surface area contributed by atoms with Gasteiger partial charge in [0.05, 0.1) is 25.5 Å². The van der Waals surface area contributed by atoms with Gasteiger partial charge in [-0.3, -0.25) is 9.36 Å². The number of methoxy groups -OCH3 is 1. The van der Waals surface area contributed by atoms with Crippen molar-refractivity contribution in [2.45, 2.75) is 13.1 Å². The lowest BCUT2D eigenvalue weighted by Crippen LogP contribution is -2.23. The summed E-state index contributed by atoms with van der Waals surface area (Å²) in [6.45, 7) is 0.661. The van der Waals surface area contributed by atoms with Crippen LogP contribution in [0.5, 0.6) is 5.75 Å². The van der Waals surface area contributed by atoms with Crippen molar-refractivity contribution in [3.8, 4) is 5.75 Å². The number of hydrogen-bond donors (Lipinski definition) is 0. The summed E-state index contributed by atoms with van der Waals surface area (Å²) >= 11 is 6.39. The van der Waals surface area contributed by atoms with Crippen LogP contribution >= 0.6 is 11.6 Å². The normalized spacial score (nSPS) is 11.3. The predicted octanol–water partition coefficient (Wildman–Crippen LogP) is 5.25. The molecule has 0 atom stereocenters. The first-order valence-corrected chi connectivity index (χ1v) is 10.5. The molecule has 0 amide bonds. The topological polar surface area (TPSA) is 49.0 Å². The molecule has 7 heteroatoms. The second-order valence-electron chi connectivity index (χ2n) is 7.53. The lowest BCUT2D eigenvalue weighted by Gasteiger charge is -2.12. The zero-order chi connectivity index (χ0) is 22.2. The van der Waals surface area contributed by atoms with E-state index in [1.807, 2.05) is 53.1 Å². The van der Waals surface area contributed by atoms with E-state index >= 15 is 0 Å². The highest BCUT2D eigenvalue weighted by Crippen LogP contribution is 2.29. The minimum atomic E-state index is -0.380. The van der Waals surface area contributed by atoms with Gasteiger partial charge in [-0.05, 0) is 35.9 Å². The van der Waals surface area contributed by atoms with Crippen LogP contribution in [-0.2, 0) is 13.1 Å². The second-order valence-corrected chi connectivity index (χ2v) is 7.93. The SMILES string of the molecule is COc1ccccc1Cn1cnc2c3cc(F)ccc3n(Cc3ccccc3Cl)c2c1=O. The smallest absolute Gasteiger partial charge is 0.278 e. The van der Waals surface area contributed by atoms with E-state index < -0.39 is 0 Å². The number of benzene rings is 3. The third kappa shape index (κ3) is 3.42. The molecule has 3 aromatic carbocycles. The van der Waals surface area contributed by atoms with Crippen molar-refractivity contribution in [1.29, 1.82) is 0 Å². The Balaban J connectivity index is 1.74. The van der Waals surface area contributed by atoms with Crippen LogP contribution in [0.15, 0.2) is 77.9 Å². The maximum atomic E-state index is 14.1. The van der Waals surface area contributed by atoms with Crippen molar-refractivity contribution in [1.82, 2.24) is 14.1 Å². The molecule has 0 N–H and O–H groups in total. The summed E-state index contributed by atoms with van der Waals surface area (Å²) in [5.41, 5.74) is 3.09. The largest absolute Gasteiger partial charge is 0.496 e. The van der Waals surface area contributed by atoms with Crippen LogP contribution in [-0.4, -0.2) is 21.2 Å². The van der Waals surface area contributed by atoms with E-state index in [1.165, 1.54) is 18.5 Å². The molecule has 0 saturated carbocycles. The van der Waals surface area contributed by atoms with Gasteiger partial charge in [0.2, 0.25) is 0 Å². The molecule has 0 spiro atoms. The molecule has 2 heterocycles. The van der Waals surface area contributed by atoms with Gasteiger partial charge in [0, 0.05) is 22.5 Å². The quantitative estimate of drug-likeness (QED) is 0.370. The van der Waals surface area contributed by atoms with E-state index in [9.17, 15) is 9.18 Å². The molecule has 0 fully saturated rings. The lowest BCUT2D eigenvalue weighted by atomic mass is 10.2. The maximum absolute atomic E-state index is 14.1. The molecule has 0 unspecified atom stereocenters. The Morgan fingerprint density at radius 2 is 1.75 bits per heavy atom. The molecule has 5 nitrogen and oxygen atoms in total. The predicted molar refractivity (Wildman–Crippen MR) is 124 cm³/mol. The van der Waals surface area contributed by atoms with Gasteiger partial charge < -0.3 is 9.30 Å². The second kappa shape index (κ2) is 8.13. The standard InChI is InChI=1S/C25H19ClFN3O2/c1-32-22-9-5-3-7-17(22)13-29-15-28-23-19-12-18(27)10-11-21(19)30(24(23)25(29)31)14-16-6-2-4-8-20(16)26/h2-12,15H,13-14H2,1H3. The van der Waals surface area contributed by atoms with Crippen LogP contribution in [0.2, 0.25) is 5.02 Å². The van der Waals surface area contributed by atoms with Gasteiger partial charge in [0.15, 0.2) is 0 Å². The van der Waals surface area contributed by atoms with E-state index in [-0.39, 0.29) is 11.4 Å². The molecule has 5 rings (SSSR count). The molecular formula is C25H19ClFN3O2. The van der Waals surface area contributed by atoms with Crippen LogP contribution in [0.4, 0.5) is 4.39 Å². The van der Waals surface area contributed by atoms with Gasteiger partial charge in [-0.2, -0.15) is 0 Å². The monoisotopic (exact) mass is 447 g/mol. The number of halogens is 2. The summed E-state index contributed by atoms with van der Waals surface area (Å²) in [6.07, 6.45) is 1.50. The van der Waals surface area contributed by atoms with Crippen molar-refractivity contribution in [2.24, 2.45) is 0 Å². The first-order chi connectivity index (χ1) is 15.6. The number of aromatic nitrogens is 3. The molecule has 0 bridgehead atoms. The van der Waals surface area contributed by atoms with E-state index in [0.29, 0.717) is 40.3 Å². The Morgan fingerprint density at radius 1 is 1.00 bits per heavy atom. The Morgan fingerprint density at radius 3 is 2.53 bits per heavy atom. The summed E-state index contributed by atoms with van der Waals surface area (Å²) in [6, 6.07) is 19.5. The number of rotatable bonds is 5. The zero-order valence-electron chi connectivity index (χ0n) is 17.3. The molecule has 0 radical (unpaired) electrons. The van der Waals surface area contributed by atoms with Crippen molar-refractivity contribution >= 4 is 33.5 Å².